The number of Topliss-reactive ketones (excluding diaryl/α,β-unsaturated/α-hetero) is 1. The number of aliphatic hydroxyl groups is 1. The summed E-state index contributed by atoms with van der Waals surface area (Å²) in [5.41, 5.74) is 2.50. The highest BCUT2D eigenvalue weighted by Crippen LogP contribution is 2.43. The number of carbonyl (C=O) groups is 2. The number of nitrogens with zero attached hydrogens (tertiary/aromatic N) is 2. The van der Waals surface area contributed by atoms with Gasteiger partial charge in [-0.15, -0.1) is 0 Å². The highest BCUT2D eigenvalue weighted by Gasteiger charge is 2.46. The van der Waals surface area contributed by atoms with Crippen molar-refractivity contribution in [2.45, 2.75) is 19.5 Å². The van der Waals surface area contributed by atoms with Crippen LogP contribution in [0.3, 0.4) is 0 Å². The van der Waals surface area contributed by atoms with Crippen LogP contribution in [-0.4, -0.2) is 33.8 Å². The van der Waals surface area contributed by atoms with Gasteiger partial charge in [-0.3, -0.25) is 14.6 Å². The Bertz CT molecular complexity index is 1210. The Kier molecular flexibility index (Phi) is 5.97. The van der Waals surface area contributed by atoms with Gasteiger partial charge in [-0.05, 0) is 41.8 Å². The molecule has 0 spiro atoms. The summed E-state index contributed by atoms with van der Waals surface area (Å²) in [6.07, 6.45) is 3.28. The Morgan fingerprint density at radius 1 is 1.16 bits per heavy atom. The molecule has 2 aromatic carbocycles. The van der Waals surface area contributed by atoms with Crippen LogP contribution in [-0.2, 0) is 16.1 Å². The van der Waals surface area contributed by atoms with Crippen LogP contribution < -0.4 is 4.74 Å². The van der Waals surface area contributed by atoms with Crippen molar-refractivity contribution < 1.29 is 19.4 Å². The fraction of sp³-hybridized carbons (Fsp3) is 0.160. The molecule has 2 heterocycles. The molecule has 7 heteroatoms. The number of ketones is 1. The number of hydrogen-bond donors (Lipinski definition) is 1. The number of carbonyl (C=O) groups excluding carboxylic acids is 2. The second-order valence-electron chi connectivity index (χ2n) is 7.53. The molecule has 1 saturated heterocycles. The molecule has 1 aliphatic heterocycles. The summed E-state index contributed by atoms with van der Waals surface area (Å²) in [6, 6.07) is 15.3. The van der Waals surface area contributed by atoms with E-state index in [1.54, 1.807) is 30.6 Å². The molecule has 32 heavy (non-hydrogen) atoms. The number of rotatable bonds is 5. The topological polar surface area (TPSA) is 79.7 Å². The van der Waals surface area contributed by atoms with Crippen molar-refractivity contribution in [1.29, 1.82) is 0 Å². The van der Waals surface area contributed by atoms with Gasteiger partial charge in [-0.25, -0.2) is 0 Å². The van der Waals surface area contributed by atoms with Gasteiger partial charge in [0.15, 0.2) is 0 Å². The molecule has 1 unspecified atom stereocenters. The van der Waals surface area contributed by atoms with Crippen LogP contribution in [0.2, 0.25) is 5.02 Å². The van der Waals surface area contributed by atoms with Crippen LogP contribution in [0.25, 0.3) is 5.76 Å². The molecule has 1 atom stereocenters. The van der Waals surface area contributed by atoms with Crippen molar-refractivity contribution >= 4 is 29.1 Å². The van der Waals surface area contributed by atoms with E-state index >= 15 is 0 Å². The molecule has 3 aromatic rings. The summed E-state index contributed by atoms with van der Waals surface area (Å²) in [6.45, 7) is 1.98. The van der Waals surface area contributed by atoms with Gasteiger partial charge in [0.2, 0.25) is 0 Å². The van der Waals surface area contributed by atoms with Crippen LogP contribution in [0.5, 0.6) is 5.75 Å². The summed E-state index contributed by atoms with van der Waals surface area (Å²) >= 11 is 6.31. The van der Waals surface area contributed by atoms with Crippen molar-refractivity contribution in [3.63, 3.8) is 0 Å². The fourth-order valence-corrected chi connectivity index (χ4v) is 4.32. The summed E-state index contributed by atoms with van der Waals surface area (Å²) in [5.74, 6) is -1.55. The molecular weight excluding hydrogens is 428 g/mol. The third kappa shape index (κ3) is 3.85. The van der Waals surface area contributed by atoms with E-state index in [2.05, 4.69) is 4.98 Å². The molecule has 6 nitrogen and oxygen atoms in total. The molecule has 1 aromatic heterocycles. The second-order valence-corrected chi connectivity index (χ2v) is 7.93. The highest BCUT2D eigenvalue weighted by molar-refractivity contribution is 6.46. The summed E-state index contributed by atoms with van der Waals surface area (Å²) in [7, 11) is 1.43. The van der Waals surface area contributed by atoms with E-state index in [4.69, 9.17) is 16.3 Å². The number of likely N-dealkylation sites (tertiary alicyclic amines) is 1. The molecule has 1 aliphatic rings. The van der Waals surface area contributed by atoms with Gasteiger partial charge in [0, 0.05) is 18.9 Å². The zero-order chi connectivity index (χ0) is 22.8. The van der Waals surface area contributed by atoms with Gasteiger partial charge in [0.25, 0.3) is 11.7 Å². The third-order valence-corrected chi connectivity index (χ3v) is 5.66. The van der Waals surface area contributed by atoms with Crippen molar-refractivity contribution in [3.8, 4) is 5.75 Å². The lowest BCUT2D eigenvalue weighted by Crippen LogP contribution is -2.29. The largest absolute Gasteiger partial charge is 0.507 e. The van der Waals surface area contributed by atoms with Gasteiger partial charge in [-0.1, -0.05) is 48.0 Å². The molecule has 1 N–H and O–H groups in total. The molecule has 1 amide bonds. The van der Waals surface area contributed by atoms with E-state index in [-0.39, 0.29) is 29.2 Å². The Labute approximate surface area is 190 Å². The van der Waals surface area contributed by atoms with E-state index < -0.39 is 17.7 Å². The lowest BCUT2D eigenvalue weighted by molar-refractivity contribution is -0.140. The van der Waals surface area contributed by atoms with E-state index in [9.17, 15) is 14.7 Å². The number of halogens is 1. The molecule has 4 rings (SSSR count). The number of amides is 1. The Hall–Kier alpha value is -3.64. The Morgan fingerprint density at radius 3 is 2.56 bits per heavy atom. The summed E-state index contributed by atoms with van der Waals surface area (Å²) in [5, 5.41) is 11.6. The molecule has 0 aliphatic carbocycles. The zero-order valence-corrected chi connectivity index (χ0v) is 18.3. The number of methoxy groups -OCH3 is 1. The first kappa shape index (κ1) is 21.6. The molecule has 1 fully saturated rings. The van der Waals surface area contributed by atoms with Crippen LogP contribution >= 0.6 is 11.6 Å². The minimum atomic E-state index is -0.777. The van der Waals surface area contributed by atoms with Gasteiger partial charge in [-0.2, -0.15) is 0 Å². The maximum atomic E-state index is 13.2. The first-order valence-corrected chi connectivity index (χ1v) is 10.4. The lowest BCUT2D eigenvalue weighted by Gasteiger charge is -2.25. The molecule has 0 bridgehead atoms. The number of aromatic nitrogens is 1. The van der Waals surface area contributed by atoms with Gasteiger partial charge in [0.1, 0.15) is 11.5 Å². The molecular formula is C25H21ClN2O4. The van der Waals surface area contributed by atoms with Crippen molar-refractivity contribution in [2.75, 3.05) is 7.11 Å². The monoisotopic (exact) mass is 448 g/mol. The first-order chi connectivity index (χ1) is 15.4. The zero-order valence-electron chi connectivity index (χ0n) is 17.6. The van der Waals surface area contributed by atoms with E-state index in [1.165, 1.54) is 12.0 Å². The first-order valence-electron chi connectivity index (χ1n) is 9.99. The quantitative estimate of drug-likeness (QED) is 0.348. The fourth-order valence-electron chi connectivity index (χ4n) is 3.97. The molecule has 0 radical (unpaired) electrons. The number of benzene rings is 2. The number of aryl methyl sites for hydroxylation is 1. The predicted molar refractivity (Wildman–Crippen MR) is 121 cm³/mol. The van der Waals surface area contributed by atoms with Crippen molar-refractivity contribution in [1.82, 2.24) is 9.88 Å². The highest BCUT2D eigenvalue weighted by atomic mass is 35.5. The van der Waals surface area contributed by atoms with Gasteiger partial charge >= 0.3 is 0 Å². The van der Waals surface area contributed by atoms with E-state index in [0.29, 0.717) is 10.6 Å². The molecule has 0 saturated carbocycles. The maximum Gasteiger partial charge on any atom is 0.295 e. The van der Waals surface area contributed by atoms with E-state index in [0.717, 1.165) is 11.1 Å². The lowest BCUT2D eigenvalue weighted by atomic mass is 9.94. The number of aliphatic hydroxyl groups excluding tert-OH is 1. The minimum absolute atomic E-state index is 0.00921. The standard InChI is InChI=1S/C25H21ClN2O4/c1-15-11-18(24(32-2)19(26)12-15)22(29)20-21(17-8-4-3-5-9-17)28(25(31)23(20)30)14-16-7-6-10-27-13-16/h3-13,21,29H,14H2,1-2H3/b22-20+. The summed E-state index contributed by atoms with van der Waals surface area (Å²) < 4.78 is 5.39. The average Bonchev–Trinajstić information content (AvgIpc) is 3.04. The minimum Gasteiger partial charge on any atom is -0.507 e. The van der Waals surface area contributed by atoms with Crippen molar-refractivity contribution in [2.24, 2.45) is 0 Å². The smallest absolute Gasteiger partial charge is 0.295 e. The maximum absolute atomic E-state index is 13.2. The van der Waals surface area contributed by atoms with Crippen LogP contribution in [0.1, 0.15) is 28.3 Å². The number of hydrogen-bond acceptors (Lipinski definition) is 5. The number of pyridine rings is 1. The van der Waals surface area contributed by atoms with Gasteiger partial charge < -0.3 is 14.7 Å². The number of ether oxygens (including phenoxy) is 1. The van der Waals surface area contributed by atoms with Crippen molar-refractivity contribution in [3.05, 3.63) is 99.8 Å². The SMILES string of the molecule is COc1c(Cl)cc(C)cc1/C(O)=C1\C(=O)C(=O)N(Cc2cccnc2)C1c1ccccc1. The van der Waals surface area contributed by atoms with Crippen LogP contribution in [0.4, 0.5) is 0 Å². The van der Waals surface area contributed by atoms with Gasteiger partial charge in [0.05, 0.1) is 29.3 Å². The Balaban J connectivity index is 1.92. The third-order valence-electron chi connectivity index (χ3n) is 5.38. The average molecular weight is 449 g/mol. The van der Waals surface area contributed by atoms with Crippen LogP contribution in [0.15, 0.2) is 72.6 Å². The summed E-state index contributed by atoms with van der Waals surface area (Å²) in [4.78, 5) is 31.8. The predicted octanol–water partition coefficient (Wildman–Crippen LogP) is 4.67. The Morgan fingerprint density at radius 2 is 1.91 bits per heavy atom. The second kappa shape index (κ2) is 8.85. The molecule has 162 valence electrons. The van der Waals surface area contributed by atoms with E-state index in [1.807, 2.05) is 43.3 Å². The normalized spacial score (nSPS) is 17.6. The van der Waals surface area contributed by atoms with Crippen LogP contribution in [0, 0.1) is 6.92 Å².